The van der Waals surface area contributed by atoms with Crippen molar-refractivity contribution < 1.29 is 0 Å². The average molecular weight is 449 g/mol. The SMILES string of the molecule is CSc1nc(SC)c2cnn(CCCn3ncc4c(=O)n(C)c(SC)nc43)c2n1. The van der Waals surface area contributed by atoms with Crippen LogP contribution in [0.2, 0.25) is 0 Å². The van der Waals surface area contributed by atoms with E-state index in [1.165, 1.54) is 23.5 Å². The van der Waals surface area contributed by atoms with Crippen LogP contribution in [-0.2, 0) is 20.1 Å². The quantitative estimate of drug-likeness (QED) is 0.240. The van der Waals surface area contributed by atoms with Gasteiger partial charge in [0.25, 0.3) is 5.56 Å². The van der Waals surface area contributed by atoms with Gasteiger partial charge in [-0.3, -0.25) is 9.36 Å². The Morgan fingerprint density at radius 1 is 0.862 bits per heavy atom. The van der Waals surface area contributed by atoms with Crippen molar-refractivity contribution in [2.75, 3.05) is 18.8 Å². The number of aromatic nitrogens is 8. The first kappa shape index (κ1) is 20.2. The number of hydrogen-bond acceptors (Lipinski definition) is 9. The van der Waals surface area contributed by atoms with E-state index in [1.54, 1.807) is 34.3 Å². The van der Waals surface area contributed by atoms with E-state index in [0.29, 0.717) is 29.3 Å². The molecule has 12 heteroatoms. The molecule has 0 bridgehead atoms. The number of hydrogen-bond donors (Lipinski definition) is 0. The molecule has 0 fully saturated rings. The Kier molecular flexibility index (Phi) is 5.83. The van der Waals surface area contributed by atoms with Crippen molar-refractivity contribution >= 4 is 57.4 Å². The molecule has 9 nitrogen and oxygen atoms in total. The largest absolute Gasteiger partial charge is 0.290 e. The van der Waals surface area contributed by atoms with E-state index < -0.39 is 0 Å². The summed E-state index contributed by atoms with van der Waals surface area (Å²) in [5, 5.41) is 12.7. The number of fused-ring (bicyclic) bond motifs is 2. The highest BCUT2D eigenvalue weighted by Gasteiger charge is 2.14. The topological polar surface area (TPSA) is 96.3 Å². The fourth-order valence-corrected chi connectivity index (χ4v) is 4.61. The second-order valence-electron chi connectivity index (χ2n) is 6.25. The summed E-state index contributed by atoms with van der Waals surface area (Å²) in [6.07, 6.45) is 10.1. The molecule has 4 aromatic rings. The Balaban J connectivity index is 1.58. The summed E-state index contributed by atoms with van der Waals surface area (Å²) in [6.45, 7) is 1.32. The second-order valence-corrected chi connectivity index (χ2v) is 8.59. The van der Waals surface area contributed by atoms with Gasteiger partial charge in [-0.1, -0.05) is 23.5 Å². The van der Waals surface area contributed by atoms with Crippen molar-refractivity contribution in [1.29, 1.82) is 0 Å². The molecular formula is C17H20N8OS3. The van der Waals surface area contributed by atoms with E-state index in [1.807, 2.05) is 29.6 Å². The highest BCUT2D eigenvalue weighted by molar-refractivity contribution is 7.99. The van der Waals surface area contributed by atoms with Gasteiger partial charge in [0.05, 0.1) is 17.8 Å². The van der Waals surface area contributed by atoms with Gasteiger partial charge in [-0.25, -0.2) is 24.3 Å². The molecule has 152 valence electrons. The smallest absolute Gasteiger partial charge is 0.265 e. The minimum absolute atomic E-state index is 0.0745. The van der Waals surface area contributed by atoms with Crippen molar-refractivity contribution in [3.05, 3.63) is 22.7 Å². The van der Waals surface area contributed by atoms with E-state index in [-0.39, 0.29) is 5.56 Å². The summed E-state index contributed by atoms with van der Waals surface area (Å²) in [7, 11) is 1.73. The third-order valence-corrected chi connectivity index (χ3v) is 6.55. The van der Waals surface area contributed by atoms with E-state index >= 15 is 0 Å². The Labute approximate surface area is 179 Å². The first-order chi connectivity index (χ1) is 14.1. The monoisotopic (exact) mass is 448 g/mol. The van der Waals surface area contributed by atoms with Gasteiger partial charge >= 0.3 is 0 Å². The zero-order valence-electron chi connectivity index (χ0n) is 16.5. The Hall–Kier alpha value is -2.05. The summed E-state index contributed by atoms with van der Waals surface area (Å²) < 4.78 is 5.25. The predicted octanol–water partition coefficient (Wildman–Crippen LogP) is 2.53. The van der Waals surface area contributed by atoms with Crippen molar-refractivity contribution in [1.82, 2.24) is 39.1 Å². The van der Waals surface area contributed by atoms with E-state index in [9.17, 15) is 4.79 Å². The number of rotatable bonds is 7. The van der Waals surface area contributed by atoms with Crippen LogP contribution < -0.4 is 5.56 Å². The molecule has 0 saturated heterocycles. The van der Waals surface area contributed by atoms with Crippen LogP contribution >= 0.6 is 35.3 Å². The summed E-state index contributed by atoms with van der Waals surface area (Å²) in [5.41, 5.74) is 1.39. The van der Waals surface area contributed by atoms with Crippen LogP contribution in [0.5, 0.6) is 0 Å². The molecule has 4 rings (SSSR count). The Bertz CT molecular complexity index is 1250. The summed E-state index contributed by atoms with van der Waals surface area (Å²) in [4.78, 5) is 26.2. The van der Waals surface area contributed by atoms with E-state index in [0.717, 1.165) is 27.6 Å². The summed E-state index contributed by atoms with van der Waals surface area (Å²) in [6, 6.07) is 0. The molecule has 0 aliphatic heterocycles. The van der Waals surface area contributed by atoms with Crippen LogP contribution in [0, 0.1) is 0 Å². The zero-order chi connectivity index (χ0) is 20.5. The molecule has 0 atom stereocenters. The van der Waals surface area contributed by atoms with Crippen LogP contribution in [0.3, 0.4) is 0 Å². The van der Waals surface area contributed by atoms with E-state index in [4.69, 9.17) is 0 Å². The summed E-state index contributed by atoms with van der Waals surface area (Å²) >= 11 is 4.56. The predicted molar refractivity (Wildman–Crippen MR) is 118 cm³/mol. The molecule has 4 heterocycles. The van der Waals surface area contributed by atoms with Gasteiger partial charge in [0.15, 0.2) is 21.6 Å². The van der Waals surface area contributed by atoms with Crippen LogP contribution in [0.1, 0.15) is 6.42 Å². The zero-order valence-corrected chi connectivity index (χ0v) is 18.9. The lowest BCUT2D eigenvalue weighted by Crippen LogP contribution is -2.20. The summed E-state index contributed by atoms with van der Waals surface area (Å²) in [5.74, 6) is 0. The van der Waals surface area contributed by atoms with Crippen LogP contribution in [0.4, 0.5) is 0 Å². The third kappa shape index (κ3) is 3.64. The van der Waals surface area contributed by atoms with Gasteiger partial charge < -0.3 is 0 Å². The van der Waals surface area contributed by atoms with Crippen molar-refractivity contribution in [3.63, 3.8) is 0 Å². The maximum absolute atomic E-state index is 12.5. The molecule has 0 amide bonds. The van der Waals surface area contributed by atoms with Crippen molar-refractivity contribution in [3.8, 4) is 0 Å². The molecule has 0 aromatic carbocycles. The van der Waals surface area contributed by atoms with Gasteiger partial charge in [-0.2, -0.15) is 10.2 Å². The fourth-order valence-electron chi connectivity index (χ4n) is 3.12. The fraction of sp³-hybridized carbons (Fsp3) is 0.412. The lowest BCUT2D eigenvalue weighted by molar-refractivity contribution is 0.512. The molecule has 0 saturated carbocycles. The Morgan fingerprint density at radius 2 is 1.52 bits per heavy atom. The first-order valence-corrected chi connectivity index (χ1v) is 12.5. The van der Waals surface area contributed by atoms with Gasteiger partial charge in [-0.05, 0) is 25.2 Å². The van der Waals surface area contributed by atoms with Gasteiger partial charge in [-0.15, -0.1) is 11.8 Å². The molecule has 0 unspecified atom stereocenters. The van der Waals surface area contributed by atoms with Gasteiger partial charge in [0, 0.05) is 20.1 Å². The van der Waals surface area contributed by atoms with Crippen LogP contribution in [0.15, 0.2) is 32.5 Å². The molecule has 29 heavy (non-hydrogen) atoms. The highest BCUT2D eigenvalue weighted by Crippen LogP contribution is 2.26. The van der Waals surface area contributed by atoms with Crippen LogP contribution in [0.25, 0.3) is 22.1 Å². The average Bonchev–Trinajstić information content (AvgIpc) is 3.34. The second kappa shape index (κ2) is 8.36. The molecule has 0 N–H and O–H groups in total. The third-order valence-electron chi connectivity index (χ3n) is 4.57. The van der Waals surface area contributed by atoms with Crippen molar-refractivity contribution in [2.45, 2.75) is 34.8 Å². The highest BCUT2D eigenvalue weighted by atomic mass is 32.2. The maximum atomic E-state index is 12.5. The standard InChI is InChI=1S/C17H20N8OS3/c1-23-15(26)11-9-19-25(13(11)21-17(23)29-4)7-5-6-24-12-10(8-18-24)14(27-2)22-16(20-12)28-3/h8-9H,5-7H2,1-4H3. The lowest BCUT2D eigenvalue weighted by Gasteiger charge is -2.08. The minimum atomic E-state index is -0.0745. The molecule has 0 spiro atoms. The maximum Gasteiger partial charge on any atom is 0.265 e. The van der Waals surface area contributed by atoms with E-state index in [2.05, 4.69) is 25.1 Å². The van der Waals surface area contributed by atoms with Gasteiger partial charge in [0.2, 0.25) is 0 Å². The van der Waals surface area contributed by atoms with Crippen molar-refractivity contribution in [2.24, 2.45) is 7.05 Å². The lowest BCUT2D eigenvalue weighted by atomic mass is 10.4. The number of nitrogens with zero attached hydrogens (tertiary/aromatic N) is 8. The first-order valence-electron chi connectivity index (χ1n) is 8.85. The molecule has 0 radical (unpaired) electrons. The number of aryl methyl sites for hydroxylation is 2. The molecule has 0 aliphatic rings. The molecular weight excluding hydrogens is 428 g/mol. The molecule has 4 aromatic heterocycles. The van der Waals surface area contributed by atoms with Crippen LogP contribution in [-0.4, -0.2) is 57.8 Å². The number of thioether (sulfide) groups is 3. The molecule has 0 aliphatic carbocycles. The normalized spacial score (nSPS) is 11.7. The van der Waals surface area contributed by atoms with Gasteiger partial charge in [0.1, 0.15) is 10.4 Å². The Morgan fingerprint density at radius 3 is 2.14 bits per heavy atom. The minimum Gasteiger partial charge on any atom is -0.290 e.